The standard InChI is InChI=1S/C13H15ClN4/c1-18(7-5-11-4-2-3-6-16-11)13-9-10(15)8-12(14)17-13/h2-4,6,8-9H,5,7H2,1H3,(H2,15,17). The number of anilines is 2. The number of aromatic nitrogens is 2. The van der Waals surface area contributed by atoms with E-state index >= 15 is 0 Å². The van der Waals surface area contributed by atoms with Crippen LogP contribution in [0.2, 0.25) is 5.15 Å². The van der Waals surface area contributed by atoms with Crippen LogP contribution >= 0.6 is 11.6 Å². The average Bonchev–Trinajstić information content (AvgIpc) is 2.36. The second-order valence-electron chi connectivity index (χ2n) is 4.07. The fraction of sp³-hybridized carbons (Fsp3) is 0.231. The molecule has 2 aromatic heterocycles. The van der Waals surface area contributed by atoms with Crippen molar-refractivity contribution in [3.63, 3.8) is 0 Å². The molecule has 2 N–H and O–H groups in total. The Kier molecular flexibility index (Phi) is 3.99. The average molecular weight is 263 g/mol. The van der Waals surface area contributed by atoms with Crippen molar-refractivity contribution >= 4 is 23.1 Å². The van der Waals surface area contributed by atoms with E-state index in [9.17, 15) is 0 Å². The quantitative estimate of drug-likeness (QED) is 0.860. The zero-order valence-electron chi connectivity index (χ0n) is 10.2. The van der Waals surface area contributed by atoms with Gasteiger partial charge in [-0.05, 0) is 18.2 Å². The van der Waals surface area contributed by atoms with Gasteiger partial charge in [-0.2, -0.15) is 0 Å². The lowest BCUT2D eigenvalue weighted by Crippen LogP contribution is -2.21. The summed E-state index contributed by atoms with van der Waals surface area (Å²) in [5.41, 5.74) is 7.42. The largest absolute Gasteiger partial charge is 0.399 e. The summed E-state index contributed by atoms with van der Waals surface area (Å²) in [5.74, 6) is 0.774. The van der Waals surface area contributed by atoms with Gasteiger partial charge in [0.25, 0.3) is 0 Å². The SMILES string of the molecule is CN(CCc1ccccn1)c1cc(N)cc(Cl)n1. The molecule has 18 heavy (non-hydrogen) atoms. The summed E-state index contributed by atoms with van der Waals surface area (Å²) in [6, 6.07) is 9.35. The van der Waals surface area contributed by atoms with Gasteiger partial charge in [0, 0.05) is 43.7 Å². The minimum absolute atomic E-state index is 0.412. The minimum Gasteiger partial charge on any atom is -0.399 e. The highest BCUT2D eigenvalue weighted by molar-refractivity contribution is 6.29. The molecule has 0 aliphatic rings. The molecule has 0 aromatic carbocycles. The summed E-state index contributed by atoms with van der Waals surface area (Å²) in [4.78, 5) is 10.5. The number of hydrogen-bond acceptors (Lipinski definition) is 4. The Morgan fingerprint density at radius 3 is 2.83 bits per heavy atom. The van der Waals surface area contributed by atoms with Crippen LogP contribution < -0.4 is 10.6 Å². The lowest BCUT2D eigenvalue weighted by molar-refractivity contribution is 0.839. The van der Waals surface area contributed by atoms with Crippen molar-refractivity contribution in [1.82, 2.24) is 9.97 Å². The number of nitrogens with zero attached hydrogens (tertiary/aromatic N) is 3. The van der Waals surface area contributed by atoms with Crippen LogP contribution in [0.25, 0.3) is 0 Å². The number of halogens is 1. The lowest BCUT2D eigenvalue weighted by Gasteiger charge is -2.18. The minimum atomic E-state index is 0.412. The van der Waals surface area contributed by atoms with Crippen LogP contribution in [0, 0.1) is 0 Å². The second-order valence-corrected chi connectivity index (χ2v) is 4.46. The molecule has 0 saturated carbocycles. The highest BCUT2D eigenvalue weighted by Crippen LogP contribution is 2.18. The first-order valence-electron chi connectivity index (χ1n) is 5.69. The number of hydrogen-bond donors (Lipinski definition) is 1. The third-order valence-corrected chi connectivity index (χ3v) is 2.82. The molecule has 0 radical (unpaired) electrons. The van der Waals surface area contributed by atoms with Gasteiger partial charge in [0.15, 0.2) is 0 Å². The Morgan fingerprint density at radius 1 is 1.33 bits per heavy atom. The summed E-state index contributed by atoms with van der Waals surface area (Å²) < 4.78 is 0. The van der Waals surface area contributed by atoms with Gasteiger partial charge < -0.3 is 10.6 Å². The molecule has 0 bridgehead atoms. The van der Waals surface area contributed by atoms with Crippen molar-refractivity contribution in [2.24, 2.45) is 0 Å². The van der Waals surface area contributed by atoms with Gasteiger partial charge in [0.05, 0.1) is 0 Å². The highest BCUT2D eigenvalue weighted by atomic mass is 35.5. The predicted molar refractivity (Wildman–Crippen MR) is 74.9 cm³/mol. The topological polar surface area (TPSA) is 55.0 Å². The Balaban J connectivity index is 2.01. The number of pyridine rings is 2. The summed E-state index contributed by atoms with van der Waals surface area (Å²) in [6.45, 7) is 0.809. The van der Waals surface area contributed by atoms with Crippen LogP contribution in [0.5, 0.6) is 0 Å². The maximum Gasteiger partial charge on any atom is 0.133 e. The summed E-state index contributed by atoms with van der Waals surface area (Å²) in [7, 11) is 1.96. The Labute approximate surface area is 111 Å². The van der Waals surface area contributed by atoms with Crippen molar-refractivity contribution in [2.45, 2.75) is 6.42 Å². The van der Waals surface area contributed by atoms with Crippen molar-refractivity contribution < 1.29 is 0 Å². The van der Waals surface area contributed by atoms with E-state index in [-0.39, 0.29) is 0 Å². The maximum absolute atomic E-state index is 5.88. The van der Waals surface area contributed by atoms with Crippen molar-refractivity contribution in [2.75, 3.05) is 24.2 Å². The fourth-order valence-electron chi connectivity index (χ4n) is 1.64. The molecule has 0 amide bonds. The van der Waals surface area contributed by atoms with Crippen LogP contribution in [-0.4, -0.2) is 23.6 Å². The molecule has 94 valence electrons. The van der Waals surface area contributed by atoms with Gasteiger partial charge in [-0.25, -0.2) is 4.98 Å². The third kappa shape index (κ3) is 3.34. The van der Waals surface area contributed by atoms with E-state index in [0.717, 1.165) is 24.5 Å². The van der Waals surface area contributed by atoms with Crippen molar-refractivity contribution in [3.8, 4) is 0 Å². The number of nitrogen functional groups attached to an aromatic ring is 1. The van der Waals surface area contributed by atoms with E-state index in [4.69, 9.17) is 17.3 Å². The number of rotatable bonds is 4. The molecule has 0 aliphatic carbocycles. The van der Waals surface area contributed by atoms with E-state index in [2.05, 4.69) is 9.97 Å². The third-order valence-electron chi connectivity index (χ3n) is 2.62. The molecule has 0 saturated heterocycles. The van der Waals surface area contributed by atoms with E-state index in [1.807, 2.05) is 36.2 Å². The first kappa shape index (κ1) is 12.6. The van der Waals surface area contributed by atoms with Gasteiger partial charge in [0.1, 0.15) is 11.0 Å². The first-order chi connectivity index (χ1) is 8.65. The summed E-state index contributed by atoms with van der Waals surface area (Å²) in [5, 5.41) is 0.412. The molecular formula is C13H15ClN4. The molecule has 0 spiro atoms. The molecule has 0 aliphatic heterocycles. The Hall–Kier alpha value is -1.81. The highest BCUT2D eigenvalue weighted by Gasteiger charge is 2.05. The zero-order chi connectivity index (χ0) is 13.0. The van der Waals surface area contributed by atoms with Crippen LogP contribution in [0.3, 0.4) is 0 Å². The van der Waals surface area contributed by atoms with Crippen molar-refractivity contribution in [3.05, 3.63) is 47.4 Å². The molecule has 2 aromatic rings. The summed E-state index contributed by atoms with van der Waals surface area (Å²) >= 11 is 5.88. The van der Waals surface area contributed by atoms with Crippen LogP contribution in [-0.2, 0) is 6.42 Å². The molecule has 4 nitrogen and oxygen atoms in total. The molecule has 0 atom stereocenters. The first-order valence-corrected chi connectivity index (χ1v) is 6.07. The van der Waals surface area contributed by atoms with E-state index in [0.29, 0.717) is 10.8 Å². The predicted octanol–water partition coefficient (Wildman–Crippen LogP) is 2.39. The van der Waals surface area contributed by atoms with E-state index in [1.54, 1.807) is 12.3 Å². The normalized spacial score (nSPS) is 10.3. The molecule has 2 rings (SSSR count). The van der Waals surface area contributed by atoms with Crippen LogP contribution in [0.4, 0.5) is 11.5 Å². The van der Waals surface area contributed by atoms with Gasteiger partial charge in [0.2, 0.25) is 0 Å². The molecule has 2 heterocycles. The van der Waals surface area contributed by atoms with Gasteiger partial charge in [-0.15, -0.1) is 0 Å². The van der Waals surface area contributed by atoms with Crippen LogP contribution in [0.1, 0.15) is 5.69 Å². The Bertz CT molecular complexity index is 495. The zero-order valence-corrected chi connectivity index (χ0v) is 10.9. The fourth-order valence-corrected chi connectivity index (χ4v) is 1.85. The van der Waals surface area contributed by atoms with Gasteiger partial charge in [-0.3, -0.25) is 4.98 Å². The van der Waals surface area contributed by atoms with Gasteiger partial charge in [-0.1, -0.05) is 17.7 Å². The van der Waals surface area contributed by atoms with Crippen molar-refractivity contribution in [1.29, 1.82) is 0 Å². The Morgan fingerprint density at radius 2 is 2.17 bits per heavy atom. The van der Waals surface area contributed by atoms with E-state index in [1.165, 1.54) is 0 Å². The van der Waals surface area contributed by atoms with E-state index < -0.39 is 0 Å². The lowest BCUT2D eigenvalue weighted by atomic mass is 10.2. The van der Waals surface area contributed by atoms with Crippen LogP contribution in [0.15, 0.2) is 36.5 Å². The summed E-state index contributed by atoms with van der Waals surface area (Å²) in [6.07, 6.45) is 2.65. The smallest absolute Gasteiger partial charge is 0.133 e. The van der Waals surface area contributed by atoms with Gasteiger partial charge >= 0.3 is 0 Å². The molecule has 0 unspecified atom stereocenters. The monoisotopic (exact) mass is 262 g/mol. The molecular weight excluding hydrogens is 248 g/mol. The second kappa shape index (κ2) is 5.69. The number of likely N-dealkylation sites (N-methyl/N-ethyl adjacent to an activating group) is 1. The molecule has 0 fully saturated rings. The molecule has 5 heteroatoms. The maximum atomic E-state index is 5.88. The number of nitrogens with two attached hydrogens (primary N) is 1.